The van der Waals surface area contributed by atoms with E-state index in [9.17, 15) is 0 Å². The average Bonchev–Trinajstić information content (AvgIpc) is 3.02. The van der Waals surface area contributed by atoms with Crippen molar-refractivity contribution in [2.45, 2.75) is 33.2 Å². The highest BCUT2D eigenvalue weighted by Gasteiger charge is 2.25. The summed E-state index contributed by atoms with van der Waals surface area (Å²) in [6, 6.07) is 12.5. The Balaban J connectivity index is 1.82. The average molecular weight is 407 g/mol. The van der Waals surface area contributed by atoms with E-state index >= 15 is 0 Å². The second-order valence-electron chi connectivity index (χ2n) is 6.88. The summed E-state index contributed by atoms with van der Waals surface area (Å²) in [5.74, 6) is 0. The van der Waals surface area contributed by atoms with Crippen LogP contribution in [0.4, 0.5) is 5.00 Å². The molecule has 0 fully saturated rings. The Morgan fingerprint density at radius 1 is 1.18 bits per heavy atom. The fourth-order valence-electron chi connectivity index (χ4n) is 3.26. The highest BCUT2D eigenvalue weighted by Crippen LogP contribution is 2.34. The molecular weight excluding hydrogens is 384 g/mol. The van der Waals surface area contributed by atoms with Crippen molar-refractivity contribution in [2.75, 3.05) is 5.32 Å². The number of rotatable bonds is 5. The summed E-state index contributed by atoms with van der Waals surface area (Å²) in [6.45, 7) is 4.88. The number of nitrogens with zero attached hydrogens (tertiary/aromatic N) is 3. The predicted molar refractivity (Wildman–Crippen MR) is 121 cm³/mol. The minimum absolute atomic E-state index is 0.576. The van der Waals surface area contributed by atoms with Gasteiger partial charge in [0.1, 0.15) is 10.7 Å². The molecule has 0 unspecified atom stereocenters. The van der Waals surface area contributed by atoms with Crippen molar-refractivity contribution in [2.24, 2.45) is 5.10 Å². The molecule has 6 heteroatoms. The van der Waals surface area contributed by atoms with Crippen LogP contribution in [0, 0.1) is 6.92 Å². The van der Waals surface area contributed by atoms with E-state index in [1.54, 1.807) is 17.5 Å². The number of aryl methyl sites for hydroxylation is 2. The molecule has 0 radical (unpaired) electrons. The zero-order valence-electron chi connectivity index (χ0n) is 16.0. The van der Waals surface area contributed by atoms with E-state index in [-0.39, 0.29) is 0 Å². The van der Waals surface area contributed by atoms with Gasteiger partial charge < -0.3 is 5.32 Å². The first kappa shape index (κ1) is 18.8. The fourth-order valence-corrected chi connectivity index (χ4v) is 4.53. The minimum Gasteiger partial charge on any atom is -0.322 e. The van der Waals surface area contributed by atoms with Crippen molar-refractivity contribution in [1.82, 2.24) is 9.99 Å². The third kappa shape index (κ3) is 3.84. The number of fused-ring (bicyclic) bond motifs is 1. The number of hydrogen-bond donors (Lipinski definition) is 1. The van der Waals surface area contributed by atoms with Gasteiger partial charge in [-0.05, 0) is 48.1 Å². The molecule has 0 saturated carbocycles. The van der Waals surface area contributed by atoms with E-state index in [2.05, 4.69) is 53.8 Å². The highest BCUT2D eigenvalue weighted by atomic mass is 32.1. The third-order valence-electron chi connectivity index (χ3n) is 4.68. The van der Waals surface area contributed by atoms with Crippen LogP contribution in [-0.4, -0.2) is 20.8 Å². The maximum absolute atomic E-state index is 5.68. The molecule has 4 rings (SSSR count). The molecule has 0 aliphatic carbocycles. The van der Waals surface area contributed by atoms with Crippen LogP contribution in [0.25, 0.3) is 0 Å². The standard InChI is InChI=1S/C22H22N4S2/c1-3-5-18-14-28-21-19(18)20(17-9-7-15(2)8-10-17)25-26(22(27)24-21)13-16-6-4-11-23-12-16/h4,6-12,14H,3,5,13H2,1-2H3,(H,24,27). The molecule has 1 aliphatic heterocycles. The second kappa shape index (κ2) is 8.20. The molecule has 3 aromatic rings. The van der Waals surface area contributed by atoms with Crippen LogP contribution in [0.3, 0.4) is 0 Å². The van der Waals surface area contributed by atoms with Crippen molar-refractivity contribution in [3.63, 3.8) is 0 Å². The van der Waals surface area contributed by atoms with Crippen molar-refractivity contribution >= 4 is 39.4 Å². The molecule has 0 atom stereocenters. The number of thiocarbonyl (C=S) groups is 1. The SMILES string of the molecule is CCCc1csc2c1C(c1ccc(C)cc1)=NN(Cc1cccnc1)C(=S)N2. The number of benzene rings is 1. The summed E-state index contributed by atoms with van der Waals surface area (Å²) >= 11 is 7.38. The number of hydrogen-bond acceptors (Lipinski definition) is 4. The van der Waals surface area contributed by atoms with Gasteiger partial charge in [-0.2, -0.15) is 5.10 Å². The summed E-state index contributed by atoms with van der Waals surface area (Å²) in [5.41, 5.74) is 6.86. The topological polar surface area (TPSA) is 40.5 Å². The number of pyridine rings is 1. The normalized spacial score (nSPS) is 13.6. The number of anilines is 1. The summed E-state index contributed by atoms with van der Waals surface area (Å²) < 4.78 is 0. The molecular formula is C22H22N4S2. The maximum atomic E-state index is 5.68. The lowest BCUT2D eigenvalue weighted by atomic mass is 9.98. The Morgan fingerprint density at radius 3 is 2.71 bits per heavy atom. The highest BCUT2D eigenvalue weighted by molar-refractivity contribution is 7.80. The Hall–Kier alpha value is -2.57. The number of thiophene rings is 1. The van der Waals surface area contributed by atoms with Gasteiger partial charge in [0.25, 0.3) is 0 Å². The lowest BCUT2D eigenvalue weighted by molar-refractivity contribution is 0.447. The minimum atomic E-state index is 0.576. The van der Waals surface area contributed by atoms with E-state index in [1.165, 1.54) is 16.7 Å². The van der Waals surface area contributed by atoms with Gasteiger partial charge in [0.15, 0.2) is 5.11 Å². The molecule has 1 aliphatic rings. The summed E-state index contributed by atoms with van der Waals surface area (Å²) in [6.07, 6.45) is 5.74. The van der Waals surface area contributed by atoms with Gasteiger partial charge in [-0.3, -0.25) is 4.98 Å². The zero-order valence-corrected chi connectivity index (χ0v) is 17.6. The summed E-state index contributed by atoms with van der Waals surface area (Å²) in [4.78, 5) is 4.22. The molecule has 1 N–H and O–H groups in total. The van der Waals surface area contributed by atoms with Crippen molar-refractivity contribution < 1.29 is 0 Å². The van der Waals surface area contributed by atoms with Crippen molar-refractivity contribution in [3.8, 4) is 0 Å². The van der Waals surface area contributed by atoms with E-state index in [1.807, 2.05) is 23.3 Å². The van der Waals surface area contributed by atoms with Crippen LogP contribution in [0.2, 0.25) is 0 Å². The number of aromatic nitrogens is 1. The van der Waals surface area contributed by atoms with Crippen LogP contribution < -0.4 is 5.32 Å². The van der Waals surface area contributed by atoms with Gasteiger partial charge in [0.2, 0.25) is 0 Å². The van der Waals surface area contributed by atoms with E-state index in [0.29, 0.717) is 11.7 Å². The second-order valence-corrected chi connectivity index (χ2v) is 8.15. The van der Waals surface area contributed by atoms with Crippen LogP contribution in [-0.2, 0) is 13.0 Å². The molecule has 3 heterocycles. The van der Waals surface area contributed by atoms with E-state index in [4.69, 9.17) is 17.3 Å². The molecule has 142 valence electrons. The van der Waals surface area contributed by atoms with Gasteiger partial charge in [0, 0.05) is 23.5 Å². The first-order valence-electron chi connectivity index (χ1n) is 9.39. The molecule has 1 aromatic carbocycles. The zero-order chi connectivity index (χ0) is 19.5. The first-order valence-corrected chi connectivity index (χ1v) is 10.7. The summed E-state index contributed by atoms with van der Waals surface area (Å²) in [5, 5.41) is 14.2. The van der Waals surface area contributed by atoms with Gasteiger partial charge in [-0.25, -0.2) is 5.01 Å². The Bertz CT molecular complexity index is 1010. The summed E-state index contributed by atoms with van der Waals surface area (Å²) in [7, 11) is 0. The molecule has 28 heavy (non-hydrogen) atoms. The van der Waals surface area contributed by atoms with Gasteiger partial charge in [-0.15, -0.1) is 11.3 Å². The predicted octanol–water partition coefficient (Wildman–Crippen LogP) is 5.37. The van der Waals surface area contributed by atoms with Crippen LogP contribution >= 0.6 is 23.6 Å². The fraction of sp³-hybridized carbons (Fsp3) is 0.227. The van der Waals surface area contributed by atoms with Gasteiger partial charge in [-0.1, -0.05) is 49.2 Å². The lowest BCUT2D eigenvalue weighted by Crippen LogP contribution is -2.29. The molecule has 0 bridgehead atoms. The number of hydrazone groups is 1. The molecule has 4 nitrogen and oxygen atoms in total. The van der Waals surface area contributed by atoms with E-state index < -0.39 is 0 Å². The molecule has 2 aromatic heterocycles. The molecule has 0 spiro atoms. The Kier molecular flexibility index (Phi) is 5.50. The van der Waals surface area contributed by atoms with Crippen LogP contribution in [0.15, 0.2) is 59.3 Å². The van der Waals surface area contributed by atoms with Crippen molar-refractivity contribution in [3.05, 3.63) is 82.0 Å². The lowest BCUT2D eigenvalue weighted by Gasteiger charge is -2.19. The van der Waals surface area contributed by atoms with Crippen LogP contribution in [0.5, 0.6) is 0 Å². The smallest absolute Gasteiger partial charge is 0.195 e. The molecule has 0 saturated heterocycles. The monoisotopic (exact) mass is 406 g/mol. The first-order chi connectivity index (χ1) is 13.7. The quantitative estimate of drug-likeness (QED) is 0.579. The van der Waals surface area contributed by atoms with Gasteiger partial charge in [0.05, 0.1) is 6.54 Å². The van der Waals surface area contributed by atoms with Crippen LogP contribution in [0.1, 0.15) is 41.2 Å². The largest absolute Gasteiger partial charge is 0.322 e. The van der Waals surface area contributed by atoms with Crippen molar-refractivity contribution in [1.29, 1.82) is 0 Å². The Labute approximate surface area is 174 Å². The Morgan fingerprint density at radius 2 is 2.00 bits per heavy atom. The van der Waals surface area contributed by atoms with Gasteiger partial charge >= 0.3 is 0 Å². The van der Waals surface area contributed by atoms with E-state index in [0.717, 1.165) is 34.7 Å². The molecule has 0 amide bonds. The third-order valence-corrected chi connectivity index (χ3v) is 5.94. The maximum Gasteiger partial charge on any atom is 0.195 e. The number of nitrogens with one attached hydrogen (secondary N) is 1.